The van der Waals surface area contributed by atoms with Crippen molar-refractivity contribution in [3.63, 3.8) is 0 Å². The van der Waals surface area contributed by atoms with Crippen molar-refractivity contribution in [3.8, 4) is 0 Å². The number of hydrogen-bond acceptors (Lipinski definition) is 1. The van der Waals surface area contributed by atoms with Crippen LogP contribution in [0.3, 0.4) is 0 Å². The summed E-state index contributed by atoms with van der Waals surface area (Å²) in [7, 11) is 0. The highest BCUT2D eigenvalue weighted by atomic mass is 16.5. The van der Waals surface area contributed by atoms with Crippen LogP contribution in [0.1, 0.15) is 26.7 Å². The van der Waals surface area contributed by atoms with E-state index < -0.39 is 0 Å². The second-order valence-electron chi connectivity index (χ2n) is 3.28. The fourth-order valence-corrected chi connectivity index (χ4v) is 1.37. The molecule has 2 atom stereocenters. The van der Waals surface area contributed by atoms with Crippen LogP contribution in [0.4, 0.5) is 0 Å². The first-order chi connectivity index (χ1) is 4.69. The minimum atomic E-state index is -0.0573. The van der Waals surface area contributed by atoms with E-state index in [-0.39, 0.29) is 5.60 Å². The summed E-state index contributed by atoms with van der Waals surface area (Å²) in [6.07, 6.45) is 4.39. The van der Waals surface area contributed by atoms with Crippen LogP contribution in [0, 0.1) is 5.92 Å². The predicted octanol–water partition coefficient (Wildman–Crippen LogP) is 2.38. The first-order valence-electron chi connectivity index (χ1n) is 3.96. The van der Waals surface area contributed by atoms with Gasteiger partial charge in [0.05, 0.1) is 5.60 Å². The molecule has 1 aliphatic rings. The predicted molar refractivity (Wildman–Crippen MR) is 43.0 cm³/mol. The van der Waals surface area contributed by atoms with Crippen LogP contribution in [-0.2, 0) is 4.74 Å². The molecule has 0 radical (unpaired) electrons. The molecule has 0 aromatic carbocycles. The van der Waals surface area contributed by atoms with E-state index in [9.17, 15) is 0 Å². The second-order valence-corrected chi connectivity index (χ2v) is 3.28. The molecule has 0 amide bonds. The Bertz CT molecular complexity index is 131. The third kappa shape index (κ3) is 1.24. The molecule has 2 unspecified atom stereocenters. The zero-order valence-corrected chi connectivity index (χ0v) is 6.89. The van der Waals surface area contributed by atoms with E-state index in [0.717, 1.165) is 6.61 Å². The maximum Gasteiger partial charge on any atom is 0.0857 e. The lowest BCUT2D eigenvalue weighted by Crippen LogP contribution is -2.37. The van der Waals surface area contributed by atoms with E-state index in [0.29, 0.717) is 5.92 Å². The zero-order chi connectivity index (χ0) is 7.61. The average Bonchev–Trinajstić information content (AvgIpc) is 1.96. The maximum atomic E-state index is 5.61. The highest BCUT2D eigenvalue weighted by molar-refractivity contribution is 4.98. The molecule has 10 heavy (non-hydrogen) atoms. The highest BCUT2D eigenvalue weighted by Crippen LogP contribution is 2.30. The van der Waals surface area contributed by atoms with Crippen molar-refractivity contribution in [1.82, 2.24) is 0 Å². The molecule has 1 aliphatic heterocycles. The molecule has 1 nitrogen and oxygen atoms in total. The van der Waals surface area contributed by atoms with Gasteiger partial charge in [-0.05, 0) is 25.7 Å². The zero-order valence-electron chi connectivity index (χ0n) is 6.89. The van der Waals surface area contributed by atoms with E-state index in [2.05, 4.69) is 20.4 Å². The molecular weight excluding hydrogens is 124 g/mol. The quantitative estimate of drug-likeness (QED) is 0.508. The first-order valence-corrected chi connectivity index (χ1v) is 3.96. The van der Waals surface area contributed by atoms with Crippen molar-refractivity contribution in [3.05, 3.63) is 12.7 Å². The lowest BCUT2D eigenvalue weighted by Gasteiger charge is -2.37. The fourth-order valence-electron chi connectivity index (χ4n) is 1.37. The van der Waals surface area contributed by atoms with Gasteiger partial charge in [0.15, 0.2) is 0 Å². The van der Waals surface area contributed by atoms with Gasteiger partial charge >= 0.3 is 0 Å². The Morgan fingerprint density at radius 2 is 2.40 bits per heavy atom. The third-order valence-electron chi connectivity index (χ3n) is 2.58. The minimum absolute atomic E-state index is 0.0573. The van der Waals surface area contributed by atoms with Crippen molar-refractivity contribution in [2.75, 3.05) is 6.61 Å². The van der Waals surface area contributed by atoms with Crippen LogP contribution < -0.4 is 0 Å². The SMILES string of the molecule is C=CC1(C)OCCCC1C. The molecular formula is C9H16O. The summed E-state index contributed by atoms with van der Waals surface area (Å²) in [4.78, 5) is 0. The molecule has 58 valence electrons. The Morgan fingerprint density at radius 3 is 2.80 bits per heavy atom. The second kappa shape index (κ2) is 2.75. The molecule has 1 heteroatoms. The number of rotatable bonds is 1. The Kier molecular flexibility index (Phi) is 2.14. The molecule has 0 bridgehead atoms. The lowest BCUT2D eigenvalue weighted by atomic mass is 9.85. The number of ether oxygens (including phenoxy) is 1. The maximum absolute atomic E-state index is 5.61. The smallest absolute Gasteiger partial charge is 0.0857 e. The molecule has 1 rings (SSSR count). The summed E-state index contributed by atoms with van der Waals surface area (Å²) in [5, 5.41) is 0. The molecule has 1 saturated heterocycles. The van der Waals surface area contributed by atoms with E-state index in [4.69, 9.17) is 4.74 Å². The van der Waals surface area contributed by atoms with Gasteiger partial charge < -0.3 is 4.74 Å². The van der Waals surface area contributed by atoms with Crippen LogP contribution >= 0.6 is 0 Å². The van der Waals surface area contributed by atoms with Gasteiger partial charge in [-0.15, -0.1) is 6.58 Å². The summed E-state index contributed by atoms with van der Waals surface area (Å²) < 4.78 is 5.61. The monoisotopic (exact) mass is 140 g/mol. The topological polar surface area (TPSA) is 9.23 Å². The molecule has 0 aromatic heterocycles. The van der Waals surface area contributed by atoms with E-state index in [1.54, 1.807) is 0 Å². The van der Waals surface area contributed by atoms with Crippen molar-refractivity contribution in [1.29, 1.82) is 0 Å². The average molecular weight is 140 g/mol. The van der Waals surface area contributed by atoms with E-state index >= 15 is 0 Å². The number of hydrogen-bond donors (Lipinski definition) is 0. The Morgan fingerprint density at radius 1 is 1.70 bits per heavy atom. The largest absolute Gasteiger partial charge is 0.371 e. The molecule has 1 heterocycles. The standard InChI is InChI=1S/C9H16O/c1-4-9(3)8(2)6-5-7-10-9/h4,8H,1,5-7H2,2-3H3. The third-order valence-corrected chi connectivity index (χ3v) is 2.58. The fraction of sp³-hybridized carbons (Fsp3) is 0.778. The van der Waals surface area contributed by atoms with Gasteiger partial charge in [0.2, 0.25) is 0 Å². The molecule has 0 N–H and O–H groups in total. The summed E-state index contributed by atoms with van der Waals surface area (Å²) in [6, 6.07) is 0. The minimum Gasteiger partial charge on any atom is -0.371 e. The van der Waals surface area contributed by atoms with Crippen molar-refractivity contribution in [2.45, 2.75) is 32.3 Å². The Hall–Kier alpha value is -0.300. The first kappa shape index (κ1) is 7.80. The van der Waals surface area contributed by atoms with Gasteiger partial charge in [0, 0.05) is 6.61 Å². The summed E-state index contributed by atoms with van der Waals surface area (Å²) in [5.74, 6) is 0.624. The van der Waals surface area contributed by atoms with E-state index in [1.807, 2.05) is 6.08 Å². The van der Waals surface area contributed by atoms with Gasteiger partial charge in [0.1, 0.15) is 0 Å². The van der Waals surface area contributed by atoms with Crippen molar-refractivity contribution in [2.24, 2.45) is 5.92 Å². The van der Waals surface area contributed by atoms with Crippen molar-refractivity contribution < 1.29 is 4.74 Å². The highest BCUT2D eigenvalue weighted by Gasteiger charge is 2.31. The van der Waals surface area contributed by atoms with Crippen LogP contribution in [0.2, 0.25) is 0 Å². The van der Waals surface area contributed by atoms with Crippen molar-refractivity contribution >= 4 is 0 Å². The molecule has 1 fully saturated rings. The van der Waals surface area contributed by atoms with Gasteiger partial charge in [-0.1, -0.05) is 13.0 Å². The van der Waals surface area contributed by atoms with Crippen LogP contribution in [-0.4, -0.2) is 12.2 Å². The summed E-state index contributed by atoms with van der Waals surface area (Å²) in [5.41, 5.74) is -0.0573. The van der Waals surface area contributed by atoms with Gasteiger partial charge in [-0.3, -0.25) is 0 Å². The van der Waals surface area contributed by atoms with Crippen LogP contribution in [0.25, 0.3) is 0 Å². The Labute approximate surface area is 63.1 Å². The van der Waals surface area contributed by atoms with E-state index in [1.165, 1.54) is 12.8 Å². The van der Waals surface area contributed by atoms with Crippen LogP contribution in [0.5, 0.6) is 0 Å². The summed E-state index contributed by atoms with van der Waals surface area (Å²) >= 11 is 0. The molecule has 0 aromatic rings. The van der Waals surface area contributed by atoms with Gasteiger partial charge in [0.25, 0.3) is 0 Å². The normalized spacial score (nSPS) is 41.2. The Balaban J connectivity index is 2.62. The lowest BCUT2D eigenvalue weighted by molar-refractivity contribution is -0.0661. The van der Waals surface area contributed by atoms with Gasteiger partial charge in [-0.25, -0.2) is 0 Å². The molecule has 0 spiro atoms. The molecule has 0 saturated carbocycles. The van der Waals surface area contributed by atoms with Crippen LogP contribution in [0.15, 0.2) is 12.7 Å². The summed E-state index contributed by atoms with van der Waals surface area (Å²) in [6.45, 7) is 9.02. The van der Waals surface area contributed by atoms with Gasteiger partial charge in [-0.2, -0.15) is 0 Å². The molecule has 0 aliphatic carbocycles.